The first-order valence-corrected chi connectivity index (χ1v) is 19.0. The van der Waals surface area contributed by atoms with Gasteiger partial charge in [0.05, 0.1) is 5.69 Å². The molecule has 0 spiro atoms. The average molecular weight is 709 g/mol. The van der Waals surface area contributed by atoms with E-state index in [1.165, 1.54) is 27.8 Å². The standard InChI is InChI=1S/C52H40N2O/c1-35-14-5-4-12-33-53(47-20-10-7-15-41(35)47)38-27-23-36(24-28-38)37-25-29-39(30-26-37)54(40-31-32-43-42-16-8-11-22-49(42)55-50(43)34-40)48-21-13-19-46-51(48)44-17-6-9-18-45(44)52(46,2)3/h4-32,34H,1,33H2,2-3H3/b12-4-,14-5-. The van der Waals surface area contributed by atoms with Crippen molar-refractivity contribution in [2.45, 2.75) is 19.3 Å². The van der Waals surface area contributed by atoms with E-state index < -0.39 is 0 Å². The number of hydrogen-bond donors (Lipinski definition) is 0. The van der Waals surface area contributed by atoms with Crippen molar-refractivity contribution in [3.05, 3.63) is 205 Å². The van der Waals surface area contributed by atoms with Gasteiger partial charge in [-0.15, -0.1) is 0 Å². The van der Waals surface area contributed by atoms with Crippen LogP contribution in [-0.2, 0) is 5.41 Å². The first-order valence-electron chi connectivity index (χ1n) is 19.0. The van der Waals surface area contributed by atoms with Crippen LogP contribution in [0.3, 0.4) is 0 Å². The first-order chi connectivity index (χ1) is 27.0. The molecule has 1 aromatic heterocycles. The summed E-state index contributed by atoms with van der Waals surface area (Å²) in [6, 6.07) is 56.9. The highest BCUT2D eigenvalue weighted by Crippen LogP contribution is 2.54. The monoisotopic (exact) mass is 708 g/mol. The number of rotatable bonds is 5. The van der Waals surface area contributed by atoms with Gasteiger partial charge in [-0.3, -0.25) is 0 Å². The van der Waals surface area contributed by atoms with Crippen molar-refractivity contribution < 1.29 is 4.42 Å². The second-order valence-corrected chi connectivity index (χ2v) is 15.0. The molecular weight excluding hydrogens is 669 g/mol. The second-order valence-electron chi connectivity index (χ2n) is 15.0. The minimum atomic E-state index is -0.110. The third-order valence-corrected chi connectivity index (χ3v) is 11.5. The predicted molar refractivity (Wildman–Crippen MR) is 232 cm³/mol. The lowest BCUT2D eigenvalue weighted by molar-refractivity contribution is 0.660. The zero-order chi connectivity index (χ0) is 37.1. The summed E-state index contributed by atoms with van der Waals surface area (Å²) in [5.74, 6) is 0. The summed E-state index contributed by atoms with van der Waals surface area (Å²) >= 11 is 0. The molecule has 0 saturated carbocycles. The fourth-order valence-electron chi connectivity index (χ4n) is 8.67. The van der Waals surface area contributed by atoms with E-state index in [1.54, 1.807) is 0 Å². The third kappa shape index (κ3) is 5.42. The van der Waals surface area contributed by atoms with Crippen molar-refractivity contribution in [2.24, 2.45) is 0 Å². The van der Waals surface area contributed by atoms with Gasteiger partial charge in [0.25, 0.3) is 0 Å². The van der Waals surface area contributed by atoms with Crippen LogP contribution in [0.4, 0.5) is 28.4 Å². The first kappa shape index (κ1) is 32.8. The van der Waals surface area contributed by atoms with Crippen LogP contribution < -0.4 is 9.80 Å². The number of hydrogen-bond acceptors (Lipinski definition) is 3. The number of nitrogens with zero attached hydrogens (tertiary/aromatic N) is 2. The molecule has 3 heteroatoms. The third-order valence-electron chi connectivity index (χ3n) is 11.5. The van der Waals surface area contributed by atoms with Gasteiger partial charge in [0.1, 0.15) is 11.2 Å². The molecule has 2 aliphatic rings. The van der Waals surface area contributed by atoms with E-state index in [0.717, 1.165) is 73.6 Å². The lowest BCUT2D eigenvalue weighted by Crippen LogP contribution is -2.18. The number of para-hydroxylation sites is 2. The number of anilines is 5. The molecule has 264 valence electrons. The molecule has 0 bridgehead atoms. The van der Waals surface area contributed by atoms with Gasteiger partial charge in [-0.2, -0.15) is 0 Å². The van der Waals surface area contributed by atoms with Crippen molar-refractivity contribution in [1.29, 1.82) is 0 Å². The van der Waals surface area contributed by atoms with Crippen LogP contribution in [0.15, 0.2) is 193 Å². The molecule has 0 N–H and O–H groups in total. The molecule has 8 aromatic rings. The Morgan fingerprint density at radius 1 is 0.600 bits per heavy atom. The molecule has 55 heavy (non-hydrogen) atoms. The Labute approximate surface area is 322 Å². The molecule has 1 aliphatic heterocycles. The van der Waals surface area contributed by atoms with E-state index in [2.05, 4.69) is 200 Å². The van der Waals surface area contributed by atoms with Crippen LogP contribution in [0.2, 0.25) is 0 Å². The molecule has 0 radical (unpaired) electrons. The van der Waals surface area contributed by atoms with Gasteiger partial charge in [-0.05, 0) is 88.0 Å². The summed E-state index contributed by atoms with van der Waals surface area (Å²) in [5.41, 5.74) is 17.0. The maximum atomic E-state index is 6.43. The Balaban J connectivity index is 1.06. The van der Waals surface area contributed by atoms with Crippen LogP contribution in [0.25, 0.3) is 49.8 Å². The number of allylic oxidation sites excluding steroid dienone is 4. The Kier molecular flexibility index (Phi) is 7.71. The number of benzene rings is 7. The molecule has 1 aliphatic carbocycles. The van der Waals surface area contributed by atoms with Gasteiger partial charge < -0.3 is 14.2 Å². The molecule has 0 fully saturated rings. The van der Waals surface area contributed by atoms with E-state index in [4.69, 9.17) is 4.42 Å². The summed E-state index contributed by atoms with van der Waals surface area (Å²) < 4.78 is 6.43. The van der Waals surface area contributed by atoms with Gasteiger partial charge in [-0.1, -0.05) is 142 Å². The largest absolute Gasteiger partial charge is 0.456 e. The minimum absolute atomic E-state index is 0.110. The molecular formula is C52H40N2O. The van der Waals surface area contributed by atoms with E-state index in [0.29, 0.717) is 0 Å². The Morgan fingerprint density at radius 3 is 2.11 bits per heavy atom. The SMILES string of the molecule is C=C1/C=C\C=C/CN(c2ccc(-c3ccc(N(c4ccc5c(c4)oc4ccccc45)c4cccc5c4-c4ccccc4C5(C)C)cc3)cc2)c2ccccc21. The molecule has 2 heterocycles. The fraction of sp³-hybridized carbons (Fsp3) is 0.0769. The van der Waals surface area contributed by atoms with Crippen molar-refractivity contribution in [3.63, 3.8) is 0 Å². The van der Waals surface area contributed by atoms with Gasteiger partial charge in [0.2, 0.25) is 0 Å². The van der Waals surface area contributed by atoms with E-state index in [-0.39, 0.29) is 5.41 Å². The summed E-state index contributed by atoms with van der Waals surface area (Å²) in [7, 11) is 0. The second kappa shape index (κ2) is 12.9. The van der Waals surface area contributed by atoms with E-state index in [9.17, 15) is 0 Å². The molecule has 0 saturated heterocycles. The molecule has 3 nitrogen and oxygen atoms in total. The fourth-order valence-corrected chi connectivity index (χ4v) is 8.67. The number of fused-ring (bicyclic) bond motifs is 7. The molecule has 0 amide bonds. The van der Waals surface area contributed by atoms with Crippen LogP contribution in [0.5, 0.6) is 0 Å². The van der Waals surface area contributed by atoms with Crippen molar-refractivity contribution in [3.8, 4) is 22.3 Å². The maximum absolute atomic E-state index is 6.43. The van der Waals surface area contributed by atoms with Crippen LogP contribution in [-0.4, -0.2) is 6.54 Å². The van der Waals surface area contributed by atoms with Gasteiger partial charge in [0.15, 0.2) is 0 Å². The Hall–Kier alpha value is -6.84. The van der Waals surface area contributed by atoms with Crippen LogP contribution in [0, 0.1) is 0 Å². The van der Waals surface area contributed by atoms with E-state index >= 15 is 0 Å². The summed E-state index contributed by atoms with van der Waals surface area (Å²) in [6.45, 7) is 9.78. The van der Waals surface area contributed by atoms with Crippen molar-refractivity contribution >= 4 is 55.9 Å². The topological polar surface area (TPSA) is 19.6 Å². The lowest BCUT2D eigenvalue weighted by Gasteiger charge is -2.29. The normalized spacial score (nSPS) is 15.5. The summed E-state index contributed by atoms with van der Waals surface area (Å²) in [5, 5.41) is 2.25. The zero-order valence-corrected chi connectivity index (χ0v) is 31.0. The molecule has 0 atom stereocenters. The molecule has 7 aromatic carbocycles. The van der Waals surface area contributed by atoms with Crippen LogP contribution >= 0.6 is 0 Å². The Morgan fingerprint density at radius 2 is 1.27 bits per heavy atom. The number of furan rings is 1. The van der Waals surface area contributed by atoms with E-state index in [1.807, 2.05) is 12.1 Å². The van der Waals surface area contributed by atoms with Crippen LogP contribution in [0.1, 0.15) is 30.5 Å². The highest BCUT2D eigenvalue weighted by molar-refractivity contribution is 6.06. The Bertz CT molecular complexity index is 2830. The lowest BCUT2D eigenvalue weighted by atomic mass is 9.82. The highest BCUT2D eigenvalue weighted by Gasteiger charge is 2.37. The maximum Gasteiger partial charge on any atom is 0.137 e. The highest BCUT2D eigenvalue weighted by atomic mass is 16.3. The van der Waals surface area contributed by atoms with Crippen molar-refractivity contribution in [1.82, 2.24) is 0 Å². The molecule has 10 rings (SSSR count). The quantitative estimate of drug-likeness (QED) is 0.177. The predicted octanol–water partition coefficient (Wildman–Crippen LogP) is 14.3. The minimum Gasteiger partial charge on any atom is -0.456 e. The summed E-state index contributed by atoms with van der Waals surface area (Å²) in [4.78, 5) is 4.75. The van der Waals surface area contributed by atoms with Gasteiger partial charge in [-0.25, -0.2) is 0 Å². The van der Waals surface area contributed by atoms with Crippen molar-refractivity contribution in [2.75, 3.05) is 16.3 Å². The smallest absolute Gasteiger partial charge is 0.137 e. The van der Waals surface area contributed by atoms with Gasteiger partial charge >= 0.3 is 0 Å². The summed E-state index contributed by atoms with van der Waals surface area (Å²) in [6.07, 6.45) is 8.44. The average Bonchev–Trinajstić information content (AvgIpc) is 3.73. The molecule has 0 unspecified atom stereocenters. The zero-order valence-electron chi connectivity index (χ0n) is 31.0. The van der Waals surface area contributed by atoms with Gasteiger partial charge in [0, 0.05) is 62.7 Å².